The Kier molecular flexibility index (Phi) is 18.5. The number of rotatable bonds is 12. The molecule has 8 atom stereocenters. The number of nitrogens with one attached hydrogen (secondary N) is 4. The second kappa shape index (κ2) is 20.9. The van der Waals surface area contributed by atoms with E-state index in [4.69, 9.17) is 9.47 Å². The quantitative estimate of drug-likeness (QED) is 0.149. The molecule has 14 heteroatoms. The lowest BCUT2D eigenvalue weighted by molar-refractivity contribution is -0.157. The van der Waals surface area contributed by atoms with Crippen LogP contribution in [-0.2, 0) is 38.2 Å². The van der Waals surface area contributed by atoms with Gasteiger partial charge in [-0.2, -0.15) is 0 Å². The fourth-order valence-electron chi connectivity index (χ4n) is 5.38. The Labute approximate surface area is 279 Å². The number of esters is 1. The lowest BCUT2D eigenvalue weighted by Crippen LogP contribution is -2.61. The highest BCUT2D eigenvalue weighted by atomic mass is 16.5. The van der Waals surface area contributed by atoms with Crippen LogP contribution in [0.4, 0.5) is 0 Å². The summed E-state index contributed by atoms with van der Waals surface area (Å²) < 4.78 is 11.0. The summed E-state index contributed by atoms with van der Waals surface area (Å²) in [5.74, 6) is -5.26. The maximum Gasteiger partial charge on any atom is 0.325 e. The van der Waals surface area contributed by atoms with Crippen molar-refractivity contribution in [1.29, 1.82) is 0 Å². The van der Waals surface area contributed by atoms with Crippen molar-refractivity contribution >= 4 is 35.5 Å². The average Bonchev–Trinajstić information content (AvgIpc) is 3.04. The molecule has 1 aliphatic rings. The van der Waals surface area contributed by atoms with Crippen LogP contribution in [0.5, 0.6) is 0 Å². The van der Waals surface area contributed by atoms with Gasteiger partial charge < -0.3 is 40.7 Å². The van der Waals surface area contributed by atoms with Crippen molar-refractivity contribution in [3.8, 4) is 0 Å². The van der Waals surface area contributed by atoms with Crippen molar-refractivity contribution in [1.82, 2.24) is 26.2 Å². The Hall–Kier alpha value is -3.26. The third-order valence-corrected chi connectivity index (χ3v) is 8.82. The van der Waals surface area contributed by atoms with E-state index in [1.807, 2.05) is 20.8 Å². The first-order chi connectivity index (χ1) is 22.1. The van der Waals surface area contributed by atoms with Gasteiger partial charge in [-0.1, -0.05) is 67.2 Å². The number of unbranched alkanes of at least 4 members (excludes halogenated alkanes) is 3. The maximum absolute atomic E-state index is 13.9. The molecule has 5 amide bonds. The van der Waals surface area contributed by atoms with Gasteiger partial charge in [0.15, 0.2) is 0 Å². The van der Waals surface area contributed by atoms with E-state index in [-0.39, 0.29) is 11.8 Å². The van der Waals surface area contributed by atoms with E-state index in [1.54, 1.807) is 13.8 Å². The van der Waals surface area contributed by atoms with E-state index in [2.05, 4.69) is 28.2 Å². The number of hydrogen-bond acceptors (Lipinski definition) is 9. The van der Waals surface area contributed by atoms with E-state index >= 15 is 0 Å². The van der Waals surface area contributed by atoms with Gasteiger partial charge in [-0.3, -0.25) is 28.8 Å². The van der Waals surface area contributed by atoms with Crippen LogP contribution in [0.2, 0.25) is 0 Å². The molecule has 0 aliphatic carbocycles. The zero-order chi connectivity index (χ0) is 35.8. The molecule has 0 radical (unpaired) electrons. The van der Waals surface area contributed by atoms with Gasteiger partial charge in [-0.15, -0.1) is 0 Å². The topological polar surface area (TPSA) is 192 Å². The number of cyclic esters (lactones) is 1. The van der Waals surface area contributed by atoms with Crippen LogP contribution in [0.15, 0.2) is 0 Å². The number of aliphatic hydroxyl groups is 1. The molecule has 270 valence electrons. The molecule has 1 fully saturated rings. The Morgan fingerprint density at radius 2 is 1.53 bits per heavy atom. The largest absolute Gasteiger partial charge is 0.460 e. The Balaban J connectivity index is 3.65. The highest BCUT2D eigenvalue weighted by Gasteiger charge is 2.38. The van der Waals surface area contributed by atoms with Gasteiger partial charge in [-0.25, -0.2) is 0 Å². The van der Waals surface area contributed by atoms with Crippen molar-refractivity contribution in [3.63, 3.8) is 0 Å². The lowest BCUT2D eigenvalue weighted by Gasteiger charge is -2.34. The van der Waals surface area contributed by atoms with E-state index in [1.165, 1.54) is 26.0 Å². The molecule has 47 heavy (non-hydrogen) atoms. The highest BCUT2D eigenvalue weighted by Crippen LogP contribution is 2.22. The summed E-state index contributed by atoms with van der Waals surface area (Å²) in [5, 5.41) is 20.3. The van der Waals surface area contributed by atoms with Gasteiger partial charge >= 0.3 is 5.97 Å². The van der Waals surface area contributed by atoms with E-state index in [0.717, 1.165) is 19.3 Å². The fourth-order valence-corrected chi connectivity index (χ4v) is 5.38. The molecule has 0 aromatic carbocycles. The van der Waals surface area contributed by atoms with Gasteiger partial charge in [0.2, 0.25) is 29.5 Å². The number of carbonyl (C=O) groups excluding carboxylic acids is 6. The summed E-state index contributed by atoms with van der Waals surface area (Å²) in [6.07, 6.45) is 3.05. The van der Waals surface area contributed by atoms with Crippen LogP contribution >= 0.6 is 0 Å². The smallest absolute Gasteiger partial charge is 0.325 e. The predicted octanol–water partition coefficient (Wildman–Crippen LogP) is 1.04. The summed E-state index contributed by atoms with van der Waals surface area (Å²) in [4.78, 5) is 82.0. The number of carbonyl (C=O) groups is 6. The minimum Gasteiger partial charge on any atom is -0.460 e. The number of methoxy groups -OCH3 is 1. The monoisotopic (exact) mass is 669 g/mol. The fraction of sp³-hybridized carbons (Fsp3) is 0.818. The van der Waals surface area contributed by atoms with Crippen LogP contribution in [0.3, 0.4) is 0 Å². The lowest BCUT2D eigenvalue weighted by atomic mass is 9.94. The van der Waals surface area contributed by atoms with Crippen molar-refractivity contribution in [2.75, 3.05) is 27.3 Å². The first kappa shape index (κ1) is 41.8. The molecule has 0 saturated carbocycles. The van der Waals surface area contributed by atoms with Crippen LogP contribution in [0.1, 0.15) is 93.4 Å². The van der Waals surface area contributed by atoms with Crippen LogP contribution < -0.4 is 21.3 Å². The third-order valence-electron chi connectivity index (χ3n) is 8.82. The minimum atomic E-state index is -1.47. The normalized spacial score (nSPS) is 27.4. The zero-order valence-corrected chi connectivity index (χ0v) is 29.7. The number of ether oxygens (including phenoxy) is 2. The summed E-state index contributed by atoms with van der Waals surface area (Å²) in [5.41, 5.74) is 0. The second-order valence-corrected chi connectivity index (χ2v) is 13.0. The molecular weight excluding hydrogens is 610 g/mol. The summed E-state index contributed by atoms with van der Waals surface area (Å²) in [6, 6.07) is -4.82. The zero-order valence-electron chi connectivity index (χ0n) is 29.7. The van der Waals surface area contributed by atoms with Crippen molar-refractivity contribution in [2.45, 2.75) is 130 Å². The number of aliphatic hydroxyl groups excluding tert-OH is 1. The molecule has 1 saturated heterocycles. The second-order valence-electron chi connectivity index (χ2n) is 13.0. The number of amides is 5. The van der Waals surface area contributed by atoms with Crippen molar-refractivity contribution in [3.05, 3.63) is 0 Å². The highest BCUT2D eigenvalue weighted by molar-refractivity contribution is 5.96. The molecule has 0 unspecified atom stereocenters. The molecule has 1 heterocycles. The van der Waals surface area contributed by atoms with Gasteiger partial charge in [0.1, 0.15) is 36.8 Å². The molecule has 0 aromatic heterocycles. The standard InChI is InChI=1S/C33H59N5O9/c1-10-12-13-14-15-25-21(6)33(45)38(8)24(16-19(3)4)30(42)36-27(20(5)11-2)32(44)35-23(18-39)29(41)37-28(22(7)46-9)31(43)34-17-26(40)47-25/h19-25,27-28,39H,10-18H2,1-9H3,(H,34,43)(H,35,44)(H,36,42)(H,37,41)/t20-,21-,22+,23-,24+,25-,27+,28-/m1/s1. The van der Waals surface area contributed by atoms with Crippen LogP contribution in [-0.4, -0.2) is 109 Å². The van der Waals surface area contributed by atoms with Crippen LogP contribution in [0.25, 0.3) is 0 Å². The SMILES string of the molecule is CCCCCC[C@H]1OC(=O)CNC(=O)[C@@H]([C@H](C)OC)NC(=O)[C@@H](CO)NC(=O)[C@H]([C@H](C)CC)NC(=O)[C@H](CC(C)C)N(C)C(=O)[C@@H]1C. The Bertz CT molecular complexity index is 1060. The Morgan fingerprint density at radius 1 is 0.894 bits per heavy atom. The first-order valence-electron chi connectivity index (χ1n) is 16.9. The number of hydrogen-bond donors (Lipinski definition) is 5. The molecule has 14 nitrogen and oxygen atoms in total. The van der Waals surface area contributed by atoms with Crippen molar-refractivity contribution in [2.24, 2.45) is 17.8 Å². The average molecular weight is 670 g/mol. The van der Waals surface area contributed by atoms with E-state index < -0.39 is 91.0 Å². The van der Waals surface area contributed by atoms with E-state index in [0.29, 0.717) is 25.7 Å². The molecular formula is C33H59N5O9. The summed E-state index contributed by atoms with van der Waals surface area (Å²) >= 11 is 0. The first-order valence-corrected chi connectivity index (χ1v) is 16.9. The molecule has 1 rings (SSSR count). The predicted molar refractivity (Wildman–Crippen MR) is 176 cm³/mol. The minimum absolute atomic E-state index is 0.00460. The number of nitrogens with zero attached hydrogens (tertiary/aromatic N) is 1. The molecule has 5 N–H and O–H groups in total. The van der Waals surface area contributed by atoms with Gasteiger partial charge in [-0.05, 0) is 38.0 Å². The van der Waals surface area contributed by atoms with Gasteiger partial charge in [0.05, 0.1) is 18.6 Å². The summed E-state index contributed by atoms with van der Waals surface area (Å²) in [6.45, 7) is 11.3. The van der Waals surface area contributed by atoms with Crippen molar-refractivity contribution < 1.29 is 43.3 Å². The number of likely N-dealkylation sites (N-methyl/N-ethyl adjacent to an activating group) is 1. The third kappa shape index (κ3) is 13.0. The van der Waals surface area contributed by atoms with Gasteiger partial charge in [0, 0.05) is 14.2 Å². The molecule has 0 bridgehead atoms. The molecule has 0 aromatic rings. The summed E-state index contributed by atoms with van der Waals surface area (Å²) in [7, 11) is 2.86. The molecule has 0 spiro atoms. The molecule has 1 aliphatic heterocycles. The van der Waals surface area contributed by atoms with Gasteiger partial charge in [0.25, 0.3) is 0 Å². The van der Waals surface area contributed by atoms with E-state index in [9.17, 15) is 33.9 Å². The maximum atomic E-state index is 13.9. The Morgan fingerprint density at radius 3 is 2.09 bits per heavy atom. The van der Waals surface area contributed by atoms with Crippen LogP contribution in [0, 0.1) is 17.8 Å².